The minimum atomic E-state index is 0.0236. The van der Waals surface area contributed by atoms with Gasteiger partial charge in [-0.2, -0.15) is 0 Å². The molecular formula is C12H16O. The van der Waals surface area contributed by atoms with Crippen molar-refractivity contribution in [3.8, 4) is 0 Å². The van der Waals surface area contributed by atoms with Gasteiger partial charge in [-0.05, 0) is 44.9 Å². The van der Waals surface area contributed by atoms with Gasteiger partial charge in [0.05, 0.1) is 5.41 Å². The number of ketones is 1. The molecule has 13 heavy (non-hydrogen) atoms. The molecule has 1 saturated carbocycles. The van der Waals surface area contributed by atoms with Crippen molar-refractivity contribution in [2.75, 3.05) is 0 Å². The van der Waals surface area contributed by atoms with Crippen molar-refractivity contribution >= 4 is 5.78 Å². The second kappa shape index (κ2) is 2.26. The average molecular weight is 176 g/mol. The highest BCUT2D eigenvalue weighted by Crippen LogP contribution is 2.60. The van der Waals surface area contributed by atoms with Crippen molar-refractivity contribution in [1.29, 1.82) is 0 Å². The van der Waals surface area contributed by atoms with Gasteiger partial charge in [-0.15, -0.1) is 0 Å². The molecule has 1 nitrogen and oxygen atoms in total. The van der Waals surface area contributed by atoms with E-state index in [-0.39, 0.29) is 5.41 Å². The van der Waals surface area contributed by atoms with E-state index in [1.54, 1.807) is 11.1 Å². The third-order valence-electron chi connectivity index (χ3n) is 4.53. The molecule has 3 rings (SSSR count). The molecule has 3 aliphatic rings. The number of hydrogen-bond donors (Lipinski definition) is 0. The minimum Gasteiger partial charge on any atom is -0.299 e. The Kier molecular flexibility index (Phi) is 1.35. The third kappa shape index (κ3) is 0.762. The lowest BCUT2D eigenvalue weighted by molar-refractivity contribution is -0.139. The Labute approximate surface area is 79.2 Å². The Balaban J connectivity index is 2.04. The molecule has 0 radical (unpaired) electrons. The van der Waals surface area contributed by atoms with Crippen LogP contribution in [0.3, 0.4) is 0 Å². The number of rotatable bonds is 0. The Bertz CT molecular complexity index is 313. The molecule has 0 aliphatic heterocycles. The van der Waals surface area contributed by atoms with Crippen LogP contribution in [0.4, 0.5) is 0 Å². The summed E-state index contributed by atoms with van der Waals surface area (Å²) in [6.07, 6.45) is 7.29. The predicted molar refractivity (Wildman–Crippen MR) is 51.3 cm³/mol. The second-order valence-corrected chi connectivity index (χ2v) is 5.02. The fourth-order valence-electron chi connectivity index (χ4n) is 3.54. The topological polar surface area (TPSA) is 17.1 Å². The molecular weight excluding hydrogens is 160 g/mol. The van der Waals surface area contributed by atoms with Crippen LogP contribution < -0.4 is 0 Å². The maximum absolute atomic E-state index is 11.7. The predicted octanol–water partition coefficient (Wildman–Crippen LogP) is 2.86. The van der Waals surface area contributed by atoms with Crippen LogP contribution in [0.2, 0.25) is 0 Å². The lowest BCUT2D eigenvalue weighted by Crippen LogP contribution is -2.46. The van der Waals surface area contributed by atoms with Crippen LogP contribution in [-0.2, 0) is 4.79 Å². The van der Waals surface area contributed by atoms with Crippen LogP contribution >= 0.6 is 0 Å². The SMILES string of the molecule is CC12C(=O)CC1CC1=C2CCCC1. The summed E-state index contributed by atoms with van der Waals surface area (Å²) in [4.78, 5) is 11.7. The van der Waals surface area contributed by atoms with Crippen molar-refractivity contribution in [1.82, 2.24) is 0 Å². The van der Waals surface area contributed by atoms with Gasteiger partial charge in [0, 0.05) is 6.42 Å². The fourth-order valence-corrected chi connectivity index (χ4v) is 3.54. The summed E-state index contributed by atoms with van der Waals surface area (Å²) in [5, 5.41) is 0. The summed E-state index contributed by atoms with van der Waals surface area (Å²) in [5.74, 6) is 1.22. The molecule has 0 aromatic carbocycles. The molecule has 2 unspecified atom stereocenters. The van der Waals surface area contributed by atoms with E-state index in [0.717, 1.165) is 6.42 Å². The van der Waals surface area contributed by atoms with Crippen molar-refractivity contribution in [2.24, 2.45) is 11.3 Å². The minimum absolute atomic E-state index is 0.0236. The first-order valence-electron chi connectivity index (χ1n) is 5.47. The Morgan fingerprint density at radius 3 is 2.77 bits per heavy atom. The standard InChI is InChI=1S/C12H16O/c1-12-9(7-11(12)13)6-8-4-2-3-5-10(8)12/h9H,2-7H2,1H3. The second-order valence-electron chi connectivity index (χ2n) is 5.02. The third-order valence-corrected chi connectivity index (χ3v) is 4.53. The highest BCUT2D eigenvalue weighted by molar-refractivity contribution is 5.95. The number of fused-ring (bicyclic) bond motifs is 2. The fraction of sp³-hybridized carbons (Fsp3) is 0.750. The van der Waals surface area contributed by atoms with Crippen LogP contribution in [0.1, 0.15) is 45.4 Å². The summed E-state index contributed by atoms with van der Waals surface area (Å²) >= 11 is 0. The number of allylic oxidation sites excluding steroid dienone is 2. The molecule has 0 bridgehead atoms. The summed E-state index contributed by atoms with van der Waals surface area (Å²) in [6, 6.07) is 0. The largest absolute Gasteiger partial charge is 0.299 e. The summed E-state index contributed by atoms with van der Waals surface area (Å²) < 4.78 is 0. The van der Waals surface area contributed by atoms with Crippen LogP contribution in [0.25, 0.3) is 0 Å². The normalized spacial score (nSPS) is 42.8. The molecule has 2 atom stereocenters. The summed E-state index contributed by atoms with van der Waals surface area (Å²) in [6.45, 7) is 2.19. The molecule has 1 fully saturated rings. The highest BCUT2D eigenvalue weighted by Gasteiger charge is 2.57. The maximum Gasteiger partial charge on any atom is 0.143 e. The summed E-state index contributed by atoms with van der Waals surface area (Å²) in [7, 11) is 0. The van der Waals surface area contributed by atoms with Gasteiger partial charge >= 0.3 is 0 Å². The van der Waals surface area contributed by atoms with E-state index in [2.05, 4.69) is 6.92 Å². The highest BCUT2D eigenvalue weighted by atomic mass is 16.1. The van der Waals surface area contributed by atoms with E-state index in [1.807, 2.05) is 0 Å². The first-order chi connectivity index (χ1) is 6.23. The zero-order valence-electron chi connectivity index (χ0n) is 8.23. The number of carbonyl (C=O) groups excluding carboxylic acids is 1. The monoisotopic (exact) mass is 176 g/mol. The first kappa shape index (κ1) is 7.78. The van der Waals surface area contributed by atoms with Gasteiger partial charge < -0.3 is 0 Å². The van der Waals surface area contributed by atoms with E-state index in [4.69, 9.17) is 0 Å². The molecule has 0 heterocycles. The van der Waals surface area contributed by atoms with Gasteiger partial charge in [0.15, 0.2) is 0 Å². The van der Waals surface area contributed by atoms with Crippen molar-refractivity contribution in [3.05, 3.63) is 11.1 Å². The lowest BCUT2D eigenvalue weighted by atomic mass is 9.58. The van der Waals surface area contributed by atoms with E-state index < -0.39 is 0 Å². The van der Waals surface area contributed by atoms with Crippen LogP contribution in [-0.4, -0.2) is 5.78 Å². The molecule has 0 amide bonds. The Morgan fingerprint density at radius 2 is 2.00 bits per heavy atom. The number of carbonyl (C=O) groups is 1. The van der Waals surface area contributed by atoms with Gasteiger partial charge in [0.2, 0.25) is 0 Å². The Hall–Kier alpha value is -0.590. The number of Topliss-reactive ketones (excluding diaryl/α,β-unsaturated/α-hetero) is 1. The van der Waals surface area contributed by atoms with Gasteiger partial charge in [0.1, 0.15) is 5.78 Å². The molecule has 0 N–H and O–H groups in total. The molecule has 3 aliphatic carbocycles. The Morgan fingerprint density at radius 1 is 1.23 bits per heavy atom. The van der Waals surface area contributed by atoms with Crippen molar-refractivity contribution < 1.29 is 4.79 Å². The van der Waals surface area contributed by atoms with Gasteiger partial charge in [0.25, 0.3) is 0 Å². The quantitative estimate of drug-likeness (QED) is 0.519. The zero-order valence-corrected chi connectivity index (χ0v) is 8.23. The molecule has 0 spiro atoms. The van der Waals surface area contributed by atoms with Crippen LogP contribution in [0.15, 0.2) is 11.1 Å². The van der Waals surface area contributed by atoms with E-state index in [1.165, 1.54) is 32.1 Å². The van der Waals surface area contributed by atoms with Crippen molar-refractivity contribution in [3.63, 3.8) is 0 Å². The van der Waals surface area contributed by atoms with Crippen LogP contribution in [0.5, 0.6) is 0 Å². The smallest absolute Gasteiger partial charge is 0.143 e. The van der Waals surface area contributed by atoms with Gasteiger partial charge in [-0.3, -0.25) is 4.79 Å². The lowest BCUT2D eigenvalue weighted by Gasteiger charge is -2.42. The van der Waals surface area contributed by atoms with Crippen molar-refractivity contribution in [2.45, 2.75) is 45.4 Å². The van der Waals surface area contributed by atoms with Crippen LogP contribution in [0, 0.1) is 11.3 Å². The molecule has 70 valence electrons. The molecule has 0 aromatic heterocycles. The zero-order chi connectivity index (χ0) is 9.05. The molecule has 0 saturated heterocycles. The maximum atomic E-state index is 11.7. The summed E-state index contributed by atoms with van der Waals surface area (Å²) in [5.41, 5.74) is 3.24. The van der Waals surface area contributed by atoms with E-state index >= 15 is 0 Å². The van der Waals surface area contributed by atoms with E-state index in [9.17, 15) is 4.79 Å². The van der Waals surface area contributed by atoms with Gasteiger partial charge in [-0.25, -0.2) is 0 Å². The average Bonchev–Trinajstić information content (AvgIpc) is 2.38. The number of hydrogen-bond acceptors (Lipinski definition) is 1. The molecule has 0 aromatic rings. The first-order valence-corrected chi connectivity index (χ1v) is 5.47. The van der Waals surface area contributed by atoms with E-state index in [0.29, 0.717) is 11.7 Å². The molecule has 1 heteroatoms. The van der Waals surface area contributed by atoms with Gasteiger partial charge in [-0.1, -0.05) is 11.1 Å².